The lowest BCUT2D eigenvalue weighted by Gasteiger charge is -2.17. The van der Waals surface area contributed by atoms with Gasteiger partial charge in [0, 0.05) is 0 Å². The first-order valence-corrected chi connectivity index (χ1v) is 5.03. The SMILES string of the molecule is C/C(=C1\CC1C(C)(C)C)C(C)C. The molecule has 0 N–H and O–H groups in total. The van der Waals surface area contributed by atoms with Gasteiger partial charge in [-0.3, -0.25) is 0 Å². The van der Waals surface area contributed by atoms with Crippen LogP contribution in [-0.4, -0.2) is 0 Å². The summed E-state index contributed by atoms with van der Waals surface area (Å²) in [5.41, 5.74) is 3.86. The van der Waals surface area contributed by atoms with E-state index >= 15 is 0 Å². The van der Waals surface area contributed by atoms with Crippen molar-refractivity contribution in [2.45, 2.75) is 48.0 Å². The van der Waals surface area contributed by atoms with Crippen molar-refractivity contribution in [3.05, 3.63) is 11.1 Å². The maximum absolute atomic E-state index is 2.35. The Balaban J connectivity index is 2.69. The Kier molecular flexibility index (Phi) is 2.38. The van der Waals surface area contributed by atoms with Crippen molar-refractivity contribution >= 4 is 0 Å². The standard InChI is InChI=1S/C12H22/c1-8(2)9(3)10-7-11(10)12(4,5)6/h8,11H,7H2,1-6H3/b10-9-. The predicted molar refractivity (Wildman–Crippen MR) is 55.1 cm³/mol. The lowest BCUT2D eigenvalue weighted by Crippen LogP contribution is -2.07. The van der Waals surface area contributed by atoms with Crippen LogP contribution in [0, 0.1) is 17.3 Å². The first-order chi connectivity index (χ1) is 5.34. The number of hydrogen-bond donors (Lipinski definition) is 0. The highest BCUT2D eigenvalue weighted by atomic mass is 14.5. The van der Waals surface area contributed by atoms with E-state index in [0.29, 0.717) is 5.41 Å². The summed E-state index contributed by atoms with van der Waals surface area (Å²) in [4.78, 5) is 0. The summed E-state index contributed by atoms with van der Waals surface area (Å²) in [5, 5.41) is 0. The van der Waals surface area contributed by atoms with E-state index in [1.54, 1.807) is 11.1 Å². The molecule has 1 unspecified atom stereocenters. The first-order valence-electron chi connectivity index (χ1n) is 5.03. The molecule has 0 heterocycles. The number of rotatable bonds is 1. The van der Waals surface area contributed by atoms with E-state index in [9.17, 15) is 0 Å². The van der Waals surface area contributed by atoms with Crippen molar-refractivity contribution in [2.24, 2.45) is 17.3 Å². The summed E-state index contributed by atoms with van der Waals surface area (Å²) < 4.78 is 0. The molecule has 70 valence electrons. The first kappa shape index (κ1) is 9.83. The molecule has 1 rings (SSSR count). The maximum atomic E-state index is 2.35. The zero-order chi connectivity index (χ0) is 9.52. The van der Waals surface area contributed by atoms with Gasteiger partial charge in [0.2, 0.25) is 0 Å². The van der Waals surface area contributed by atoms with Crippen LogP contribution in [0.5, 0.6) is 0 Å². The van der Waals surface area contributed by atoms with Crippen LogP contribution in [0.3, 0.4) is 0 Å². The van der Waals surface area contributed by atoms with Gasteiger partial charge in [0.1, 0.15) is 0 Å². The minimum Gasteiger partial charge on any atom is -0.0712 e. The molecule has 1 fully saturated rings. The fraction of sp³-hybridized carbons (Fsp3) is 0.833. The predicted octanol–water partition coefficient (Wildman–Crippen LogP) is 4.02. The molecule has 1 saturated carbocycles. The number of hydrogen-bond acceptors (Lipinski definition) is 0. The summed E-state index contributed by atoms with van der Waals surface area (Å²) in [5.74, 6) is 1.62. The Labute approximate surface area is 77.1 Å². The summed E-state index contributed by atoms with van der Waals surface area (Å²) >= 11 is 0. The zero-order valence-corrected chi connectivity index (χ0v) is 9.36. The van der Waals surface area contributed by atoms with Crippen molar-refractivity contribution in [3.8, 4) is 0 Å². The van der Waals surface area contributed by atoms with Crippen molar-refractivity contribution in [1.82, 2.24) is 0 Å². The molecule has 12 heavy (non-hydrogen) atoms. The molecule has 0 aromatic carbocycles. The molecule has 0 nitrogen and oxygen atoms in total. The normalized spacial score (nSPS) is 27.8. The van der Waals surface area contributed by atoms with Gasteiger partial charge in [-0.2, -0.15) is 0 Å². The van der Waals surface area contributed by atoms with Crippen molar-refractivity contribution in [2.75, 3.05) is 0 Å². The Hall–Kier alpha value is -0.260. The van der Waals surface area contributed by atoms with Gasteiger partial charge >= 0.3 is 0 Å². The average molecular weight is 166 g/mol. The molecule has 1 atom stereocenters. The largest absolute Gasteiger partial charge is 0.0712 e. The second-order valence-electron chi connectivity index (χ2n) is 5.49. The van der Waals surface area contributed by atoms with Crippen LogP contribution in [0.25, 0.3) is 0 Å². The minimum atomic E-state index is 0.492. The zero-order valence-electron chi connectivity index (χ0n) is 9.36. The second-order valence-corrected chi connectivity index (χ2v) is 5.49. The van der Waals surface area contributed by atoms with Crippen LogP contribution in [0.15, 0.2) is 11.1 Å². The molecule has 0 aliphatic heterocycles. The molecule has 0 aromatic rings. The molecular weight excluding hydrogens is 144 g/mol. The molecule has 1 aliphatic rings. The van der Waals surface area contributed by atoms with E-state index < -0.39 is 0 Å². The van der Waals surface area contributed by atoms with Crippen molar-refractivity contribution in [3.63, 3.8) is 0 Å². The van der Waals surface area contributed by atoms with Gasteiger partial charge in [0.15, 0.2) is 0 Å². The fourth-order valence-corrected chi connectivity index (χ4v) is 1.80. The lowest BCUT2D eigenvalue weighted by atomic mass is 9.88. The Morgan fingerprint density at radius 1 is 1.33 bits per heavy atom. The number of allylic oxidation sites excluding steroid dienone is 2. The quantitative estimate of drug-likeness (QED) is 0.516. The molecule has 0 amide bonds. The van der Waals surface area contributed by atoms with Gasteiger partial charge in [-0.05, 0) is 30.6 Å². The summed E-state index contributed by atoms with van der Waals surface area (Å²) in [6.07, 6.45) is 1.35. The van der Waals surface area contributed by atoms with Gasteiger partial charge in [-0.1, -0.05) is 45.8 Å². The van der Waals surface area contributed by atoms with E-state index in [1.807, 2.05) is 0 Å². The minimum absolute atomic E-state index is 0.492. The van der Waals surface area contributed by atoms with Crippen LogP contribution in [0.2, 0.25) is 0 Å². The second kappa shape index (κ2) is 2.90. The van der Waals surface area contributed by atoms with Crippen LogP contribution in [0.1, 0.15) is 48.0 Å². The van der Waals surface area contributed by atoms with Gasteiger partial charge in [0.25, 0.3) is 0 Å². The summed E-state index contributed by atoms with van der Waals surface area (Å²) in [6, 6.07) is 0. The van der Waals surface area contributed by atoms with Crippen LogP contribution in [-0.2, 0) is 0 Å². The van der Waals surface area contributed by atoms with Crippen LogP contribution in [0.4, 0.5) is 0 Å². The Morgan fingerprint density at radius 3 is 2.08 bits per heavy atom. The van der Waals surface area contributed by atoms with E-state index in [1.165, 1.54) is 6.42 Å². The Morgan fingerprint density at radius 2 is 1.83 bits per heavy atom. The third kappa shape index (κ3) is 1.91. The maximum Gasteiger partial charge on any atom is -0.0114 e. The van der Waals surface area contributed by atoms with Crippen LogP contribution < -0.4 is 0 Å². The van der Waals surface area contributed by atoms with Gasteiger partial charge in [-0.15, -0.1) is 0 Å². The monoisotopic (exact) mass is 166 g/mol. The van der Waals surface area contributed by atoms with Gasteiger partial charge in [-0.25, -0.2) is 0 Å². The summed E-state index contributed by atoms with van der Waals surface area (Å²) in [7, 11) is 0. The third-order valence-electron chi connectivity index (χ3n) is 3.10. The summed E-state index contributed by atoms with van der Waals surface area (Å²) in [6.45, 7) is 13.9. The van der Waals surface area contributed by atoms with E-state index in [2.05, 4.69) is 41.5 Å². The highest BCUT2D eigenvalue weighted by Crippen LogP contribution is 2.52. The molecule has 0 aromatic heterocycles. The fourth-order valence-electron chi connectivity index (χ4n) is 1.80. The smallest absolute Gasteiger partial charge is 0.0114 e. The van der Waals surface area contributed by atoms with E-state index in [-0.39, 0.29) is 0 Å². The highest BCUT2D eigenvalue weighted by Gasteiger charge is 2.40. The third-order valence-corrected chi connectivity index (χ3v) is 3.10. The van der Waals surface area contributed by atoms with Gasteiger partial charge < -0.3 is 0 Å². The Bertz CT molecular complexity index is 201. The lowest BCUT2D eigenvalue weighted by molar-refractivity contribution is 0.362. The van der Waals surface area contributed by atoms with Crippen LogP contribution >= 0.6 is 0 Å². The molecule has 0 radical (unpaired) electrons. The van der Waals surface area contributed by atoms with E-state index in [4.69, 9.17) is 0 Å². The van der Waals surface area contributed by atoms with Gasteiger partial charge in [0.05, 0.1) is 0 Å². The molecule has 0 spiro atoms. The molecular formula is C12H22. The molecule has 0 bridgehead atoms. The molecule has 0 heteroatoms. The van der Waals surface area contributed by atoms with Crippen molar-refractivity contribution in [1.29, 1.82) is 0 Å². The molecule has 0 saturated heterocycles. The average Bonchev–Trinajstić information content (AvgIpc) is 2.61. The van der Waals surface area contributed by atoms with Crippen molar-refractivity contribution < 1.29 is 0 Å². The topological polar surface area (TPSA) is 0 Å². The molecule has 1 aliphatic carbocycles. The van der Waals surface area contributed by atoms with E-state index in [0.717, 1.165) is 11.8 Å². The highest BCUT2D eigenvalue weighted by molar-refractivity contribution is 5.32.